The number of aryl methyl sites for hydroxylation is 2. The Labute approximate surface area is 161 Å². The van der Waals surface area contributed by atoms with Crippen LogP contribution in [0.2, 0.25) is 0 Å². The van der Waals surface area contributed by atoms with Crippen LogP contribution in [0, 0.1) is 44.8 Å². The molecule has 0 N–H and O–H groups in total. The van der Waals surface area contributed by atoms with E-state index in [0.29, 0.717) is 33.9 Å². The van der Waals surface area contributed by atoms with Crippen LogP contribution in [0.1, 0.15) is 38.6 Å². The van der Waals surface area contributed by atoms with Gasteiger partial charge in [-0.2, -0.15) is 10.4 Å². The summed E-state index contributed by atoms with van der Waals surface area (Å²) in [6.07, 6.45) is 0. The van der Waals surface area contributed by atoms with E-state index < -0.39 is 11.4 Å². The van der Waals surface area contributed by atoms with Gasteiger partial charge in [-0.3, -0.25) is 9.59 Å². The van der Waals surface area contributed by atoms with Crippen LogP contribution in [-0.4, -0.2) is 20.1 Å². The quantitative estimate of drug-likeness (QED) is 0.653. The molecule has 0 radical (unpaired) electrons. The third kappa shape index (κ3) is 3.14. The van der Waals surface area contributed by atoms with Gasteiger partial charge in [-0.05, 0) is 51.5 Å². The van der Waals surface area contributed by atoms with Crippen molar-refractivity contribution in [2.24, 2.45) is 0 Å². The Bertz CT molecular complexity index is 1200. The average molecular weight is 378 g/mol. The van der Waals surface area contributed by atoms with Crippen LogP contribution < -0.4 is 5.56 Å². The topological polar surface area (TPSA) is 80.7 Å². The number of benzene rings is 1. The molecule has 1 aromatic carbocycles. The fourth-order valence-corrected chi connectivity index (χ4v) is 3.28. The van der Waals surface area contributed by atoms with Crippen molar-refractivity contribution in [1.29, 1.82) is 5.26 Å². The van der Waals surface area contributed by atoms with Crippen molar-refractivity contribution in [3.63, 3.8) is 0 Å². The van der Waals surface area contributed by atoms with E-state index >= 15 is 0 Å². The van der Waals surface area contributed by atoms with Crippen LogP contribution in [0.15, 0.2) is 35.1 Å². The lowest BCUT2D eigenvalue weighted by Gasteiger charge is -2.11. The van der Waals surface area contributed by atoms with Crippen LogP contribution in [0.5, 0.6) is 0 Å². The average Bonchev–Trinajstić information content (AvgIpc) is 2.95. The summed E-state index contributed by atoms with van der Waals surface area (Å²) in [6, 6.07) is 9.87. The molecule has 0 aliphatic heterocycles. The van der Waals surface area contributed by atoms with Crippen molar-refractivity contribution in [3.8, 4) is 11.8 Å². The summed E-state index contributed by atoms with van der Waals surface area (Å²) in [5.74, 6) is -0.730. The molecule has 2 aromatic heterocycles. The Kier molecular flexibility index (Phi) is 4.97. The first kappa shape index (κ1) is 19.2. The number of para-hydroxylation sites is 1. The second-order valence-corrected chi connectivity index (χ2v) is 6.65. The molecule has 0 spiro atoms. The minimum Gasteiger partial charge on any atom is -0.315 e. The van der Waals surface area contributed by atoms with Crippen molar-refractivity contribution in [3.05, 3.63) is 80.3 Å². The zero-order valence-electron chi connectivity index (χ0n) is 16.1. The van der Waals surface area contributed by atoms with Gasteiger partial charge in [0.1, 0.15) is 24.0 Å². The number of hydrogen-bond acceptors (Lipinski definition) is 4. The molecule has 0 fully saturated rings. The second kappa shape index (κ2) is 7.24. The predicted octanol–water partition coefficient (Wildman–Crippen LogP) is 3.16. The van der Waals surface area contributed by atoms with Crippen LogP contribution >= 0.6 is 0 Å². The molecule has 0 unspecified atom stereocenters. The van der Waals surface area contributed by atoms with Gasteiger partial charge in [-0.15, -0.1) is 0 Å². The largest absolute Gasteiger partial charge is 0.315 e. The number of aromatic nitrogens is 3. The molecule has 142 valence electrons. The Morgan fingerprint density at radius 3 is 2.54 bits per heavy atom. The third-order valence-corrected chi connectivity index (χ3v) is 4.87. The van der Waals surface area contributed by atoms with Gasteiger partial charge in [-0.1, -0.05) is 12.1 Å². The molecule has 0 amide bonds. The Hall–Kier alpha value is -3.53. The molecule has 6 nitrogen and oxygen atoms in total. The molecule has 0 bridgehead atoms. The van der Waals surface area contributed by atoms with Crippen LogP contribution in [0.4, 0.5) is 4.39 Å². The maximum Gasteiger partial charge on any atom is 0.285 e. The molecule has 3 rings (SSSR count). The molecular weight excluding hydrogens is 359 g/mol. The summed E-state index contributed by atoms with van der Waals surface area (Å²) in [6.45, 7) is 6.54. The highest BCUT2D eigenvalue weighted by Crippen LogP contribution is 2.23. The van der Waals surface area contributed by atoms with Gasteiger partial charge >= 0.3 is 0 Å². The van der Waals surface area contributed by atoms with Gasteiger partial charge in [0.15, 0.2) is 5.78 Å². The van der Waals surface area contributed by atoms with E-state index in [1.54, 1.807) is 56.5 Å². The first-order chi connectivity index (χ1) is 13.3. The highest BCUT2D eigenvalue weighted by molar-refractivity contribution is 5.97. The Morgan fingerprint density at radius 2 is 1.89 bits per heavy atom. The van der Waals surface area contributed by atoms with Crippen molar-refractivity contribution < 1.29 is 9.18 Å². The summed E-state index contributed by atoms with van der Waals surface area (Å²) in [7, 11) is 0. The Morgan fingerprint density at radius 1 is 1.21 bits per heavy atom. The lowest BCUT2D eigenvalue weighted by Crippen LogP contribution is -2.30. The van der Waals surface area contributed by atoms with Crippen LogP contribution in [-0.2, 0) is 6.54 Å². The molecule has 28 heavy (non-hydrogen) atoms. The van der Waals surface area contributed by atoms with Gasteiger partial charge in [0.2, 0.25) is 0 Å². The van der Waals surface area contributed by atoms with Crippen molar-refractivity contribution in [1.82, 2.24) is 14.3 Å². The minimum atomic E-state index is -0.595. The van der Waals surface area contributed by atoms with E-state index in [4.69, 9.17) is 0 Å². The summed E-state index contributed by atoms with van der Waals surface area (Å²) in [5, 5.41) is 13.4. The molecule has 2 heterocycles. The predicted molar refractivity (Wildman–Crippen MR) is 102 cm³/mol. The van der Waals surface area contributed by atoms with E-state index in [1.807, 2.05) is 6.07 Å². The number of nitrogens with zero attached hydrogens (tertiary/aromatic N) is 4. The lowest BCUT2D eigenvalue weighted by molar-refractivity contribution is 0.0965. The van der Waals surface area contributed by atoms with E-state index in [0.717, 1.165) is 4.68 Å². The number of halogens is 1. The lowest BCUT2D eigenvalue weighted by atomic mass is 10.1. The smallest absolute Gasteiger partial charge is 0.285 e. The summed E-state index contributed by atoms with van der Waals surface area (Å²) in [4.78, 5) is 25.3. The third-order valence-electron chi connectivity index (χ3n) is 4.87. The van der Waals surface area contributed by atoms with E-state index in [9.17, 15) is 19.2 Å². The maximum atomic E-state index is 14.2. The number of carbonyl (C=O) groups is 1. The zero-order chi connectivity index (χ0) is 20.6. The highest BCUT2D eigenvalue weighted by Gasteiger charge is 2.20. The zero-order valence-corrected chi connectivity index (χ0v) is 16.1. The number of carbonyl (C=O) groups excluding carboxylic acids is 1. The van der Waals surface area contributed by atoms with E-state index in [1.165, 1.54) is 6.07 Å². The van der Waals surface area contributed by atoms with Crippen molar-refractivity contribution in [2.45, 2.75) is 34.2 Å². The number of rotatable bonds is 4. The van der Waals surface area contributed by atoms with Crippen molar-refractivity contribution >= 4 is 5.78 Å². The normalized spacial score (nSPS) is 10.7. The van der Waals surface area contributed by atoms with Crippen LogP contribution in [0.3, 0.4) is 0 Å². The first-order valence-electron chi connectivity index (χ1n) is 8.71. The monoisotopic (exact) mass is 378 g/mol. The molecule has 0 atom stereocenters. The summed E-state index contributed by atoms with van der Waals surface area (Å²) in [5.41, 5.74) is 2.42. The number of Topliss-reactive ketones (excluding diaryl/α,β-unsaturated/α-hetero) is 1. The SMILES string of the molecule is Cc1nn(CC(=O)c2cc(C)n(-c3ccccc3F)c2C)c(=O)c(C#N)c1C. The molecule has 0 aliphatic carbocycles. The minimum absolute atomic E-state index is 0.0165. The van der Waals surface area contributed by atoms with Gasteiger partial charge in [-0.25, -0.2) is 9.07 Å². The second-order valence-electron chi connectivity index (χ2n) is 6.65. The van der Waals surface area contributed by atoms with Crippen LogP contribution in [0.25, 0.3) is 5.69 Å². The fourth-order valence-electron chi connectivity index (χ4n) is 3.28. The first-order valence-corrected chi connectivity index (χ1v) is 8.71. The molecule has 3 aromatic rings. The summed E-state index contributed by atoms with van der Waals surface area (Å²) >= 11 is 0. The highest BCUT2D eigenvalue weighted by atomic mass is 19.1. The van der Waals surface area contributed by atoms with E-state index in [-0.39, 0.29) is 17.9 Å². The Balaban J connectivity index is 2.04. The molecule has 0 saturated carbocycles. The van der Waals surface area contributed by atoms with E-state index in [2.05, 4.69) is 5.10 Å². The number of ketones is 1. The standard InChI is InChI=1S/C21H19FN4O2/c1-12-9-16(15(4)26(12)19-8-6-5-7-18(19)22)20(27)11-25-21(28)17(10-23)13(2)14(3)24-25/h5-9H,11H2,1-4H3. The molecular formula is C21H19FN4O2. The van der Waals surface area contributed by atoms with Gasteiger partial charge in [0.25, 0.3) is 5.56 Å². The van der Waals surface area contributed by atoms with Gasteiger partial charge < -0.3 is 4.57 Å². The van der Waals surface area contributed by atoms with Crippen molar-refractivity contribution in [2.75, 3.05) is 0 Å². The fraction of sp³-hybridized carbons (Fsp3) is 0.238. The molecule has 0 aliphatic rings. The van der Waals surface area contributed by atoms with Gasteiger partial charge in [0.05, 0.1) is 11.4 Å². The van der Waals surface area contributed by atoms with Gasteiger partial charge in [0, 0.05) is 17.0 Å². The number of nitriles is 1. The summed E-state index contributed by atoms with van der Waals surface area (Å²) < 4.78 is 16.9. The maximum absolute atomic E-state index is 14.2. The molecule has 7 heteroatoms. The number of hydrogen-bond donors (Lipinski definition) is 0. The molecule has 0 saturated heterocycles.